The topological polar surface area (TPSA) is 123 Å². The summed E-state index contributed by atoms with van der Waals surface area (Å²) in [6.45, 7) is 8.20. The van der Waals surface area contributed by atoms with Gasteiger partial charge in [0.2, 0.25) is 0 Å². The second-order valence-electron chi connectivity index (χ2n) is 9.82. The van der Waals surface area contributed by atoms with Crippen LogP contribution in [0, 0.1) is 0 Å². The quantitative estimate of drug-likeness (QED) is 0.381. The van der Waals surface area contributed by atoms with Crippen molar-refractivity contribution in [3.63, 3.8) is 0 Å². The van der Waals surface area contributed by atoms with Gasteiger partial charge in [-0.3, -0.25) is 5.10 Å². The number of aromatic amines is 1. The molecule has 0 atom stereocenters. The van der Waals surface area contributed by atoms with Crippen molar-refractivity contribution in [2.24, 2.45) is 0 Å². The molecule has 3 aromatic rings. The van der Waals surface area contributed by atoms with Crippen LogP contribution in [0.1, 0.15) is 49.3 Å². The summed E-state index contributed by atoms with van der Waals surface area (Å²) in [5, 5.41) is 18.5. The molecule has 1 saturated heterocycles. The van der Waals surface area contributed by atoms with E-state index in [0.29, 0.717) is 5.69 Å². The molecule has 4 rings (SSSR count). The maximum absolute atomic E-state index is 12.4. The second kappa shape index (κ2) is 10.6. The third-order valence-corrected chi connectivity index (χ3v) is 6.57. The Hall–Kier alpha value is -3.89. The van der Waals surface area contributed by atoms with Crippen molar-refractivity contribution in [3.8, 4) is 11.3 Å². The Balaban J connectivity index is 1.50. The minimum Gasteiger partial charge on any atom is -0.477 e. The number of hydrogen-bond acceptors (Lipinski definition) is 6. The first-order valence-corrected chi connectivity index (χ1v) is 11.9. The number of rotatable bonds is 8. The Morgan fingerprint density at radius 2 is 1.70 bits per heavy atom. The lowest BCUT2D eigenvalue weighted by atomic mass is 9.77. The van der Waals surface area contributed by atoms with Gasteiger partial charge >= 0.3 is 19.2 Å². The molecule has 1 fully saturated rings. The molecule has 3 N–H and O–H groups in total. The van der Waals surface area contributed by atoms with Gasteiger partial charge in [0.05, 0.1) is 16.9 Å². The lowest BCUT2D eigenvalue weighted by Gasteiger charge is -2.32. The lowest BCUT2D eigenvalue weighted by Crippen LogP contribution is -2.41. The van der Waals surface area contributed by atoms with Crippen LogP contribution in [0.4, 0.5) is 4.79 Å². The van der Waals surface area contributed by atoms with Gasteiger partial charge < -0.3 is 24.5 Å². The highest BCUT2D eigenvalue weighted by atomic mass is 16.7. The maximum atomic E-state index is 12.4. The highest BCUT2D eigenvalue weighted by Crippen LogP contribution is 2.38. The van der Waals surface area contributed by atoms with Crippen molar-refractivity contribution >= 4 is 25.3 Å². The summed E-state index contributed by atoms with van der Waals surface area (Å²) in [6.07, 6.45) is 1.35. The van der Waals surface area contributed by atoms with Crippen LogP contribution in [0.3, 0.4) is 0 Å². The van der Waals surface area contributed by atoms with E-state index in [2.05, 4.69) is 15.5 Å². The summed E-state index contributed by atoms with van der Waals surface area (Å²) in [6, 6.07) is 18.4. The Kier molecular flexibility index (Phi) is 7.51. The Bertz CT molecular complexity index is 1270. The highest BCUT2D eigenvalue weighted by molar-refractivity contribution is 6.56. The lowest BCUT2D eigenvalue weighted by molar-refractivity contribution is 0.00578. The van der Waals surface area contributed by atoms with E-state index in [-0.39, 0.29) is 18.8 Å². The average molecular weight is 503 g/mol. The molecule has 192 valence electrons. The summed E-state index contributed by atoms with van der Waals surface area (Å²) in [7, 11) is -0.663. The van der Waals surface area contributed by atoms with Crippen molar-refractivity contribution in [2.45, 2.75) is 45.5 Å². The van der Waals surface area contributed by atoms with Crippen LogP contribution >= 0.6 is 0 Å². The predicted octanol–water partition coefficient (Wildman–Crippen LogP) is 4.72. The number of nitrogens with zero attached hydrogens (tertiary/aromatic N) is 1. The third kappa shape index (κ3) is 6.28. The van der Waals surface area contributed by atoms with Gasteiger partial charge in [0.15, 0.2) is 0 Å². The summed E-state index contributed by atoms with van der Waals surface area (Å²) >= 11 is 0. The number of aromatic carboxylic acids is 1. The van der Waals surface area contributed by atoms with Gasteiger partial charge in [0.25, 0.3) is 0 Å². The third-order valence-electron chi connectivity index (χ3n) is 6.57. The highest BCUT2D eigenvalue weighted by Gasteiger charge is 2.52. The van der Waals surface area contributed by atoms with Gasteiger partial charge in [-0.15, -0.1) is 0 Å². The minimum absolute atomic E-state index is 0.0206. The molecular formula is C27H30BN3O6. The molecule has 0 aliphatic carbocycles. The van der Waals surface area contributed by atoms with Crippen LogP contribution in [0.2, 0.25) is 0 Å². The molecule has 0 unspecified atom stereocenters. The summed E-state index contributed by atoms with van der Waals surface area (Å²) in [5.41, 5.74) is 2.69. The monoisotopic (exact) mass is 503 g/mol. The Labute approximate surface area is 216 Å². The first kappa shape index (κ1) is 26.2. The van der Waals surface area contributed by atoms with Crippen molar-refractivity contribution in [2.75, 3.05) is 6.54 Å². The molecule has 2 aromatic carbocycles. The molecule has 1 aliphatic heterocycles. The Morgan fingerprint density at radius 1 is 1.05 bits per heavy atom. The van der Waals surface area contributed by atoms with E-state index in [1.807, 2.05) is 88.4 Å². The molecule has 1 aromatic heterocycles. The Morgan fingerprint density at radius 3 is 2.30 bits per heavy atom. The number of ether oxygens (including phenoxy) is 1. The number of amides is 1. The summed E-state index contributed by atoms with van der Waals surface area (Å²) in [4.78, 5) is 23.5. The molecule has 37 heavy (non-hydrogen) atoms. The van der Waals surface area contributed by atoms with Crippen molar-refractivity contribution in [1.82, 2.24) is 15.5 Å². The van der Waals surface area contributed by atoms with E-state index in [0.717, 1.165) is 22.2 Å². The summed E-state index contributed by atoms with van der Waals surface area (Å²) in [5.74, 6) is -1.07. The molecule has 1 aliphatic rings. The first-order chi connectivity index (χ1) is 17.5. The van der Waals surface area contributed by atoms with Gasteiger partial charge in [-0.05, 0) is 50.4 Å². The van der Waals surface area contributed by atoms with Crippen LogP contribution in [-0.2, 0) is 20.7 Å². The van der Waals surface area contributed by atoms with Crippen LogP contribution in [0.15, 0.2) is 66.1 Å². The van der Waals surface area contributed by atoms with Crippen LogP contribution in [0.5, 0.6) is 0 Å². The molecule has 0 saturated carbocycles. The fraction of sp³-hybridized carbons (Fsp3) is 0.296. The molecule has 0 radical (unpaired) electrons. The number of H-pyrrole nitrogens is 1. The van der Waals surface area contributed by atoms with Gasteiger partial charge in [-0.25, -0.2) is 9.59 Å². The zero-order valence-corrected chi connectivity index (χ0v) is 21.3. The number of carboxylic acid groups (broad SMARTS) is 1. The number of aromatic nitrogens is 2. The SMILES string of the molecule is CC1(C)OB(C(=Cc2ccc(-c3cc(C(=O)O)[nH]n3)cc2)CNC(=O)OCc2ccccc2)OC1(C)C. The molecule has 2 heterocycles. The second-order valence-corrected chi connectivity index (χ2v) is 9.82. The van der Waals surface area contributed by atoms with Crippen molar-refractivity contribution < 1.29 is 28.7 Å². The standard InChI is InChI=1S/C27H30BN3O6/c1-26(2)27(3,4)37-28(36-26)21(16-29-25(34)35-17-19-8-6-5-7-9-19)14-18-10-12-20(13-11-18)22-15-23(24(32)33)31-30-22/h5-15H,16-17H2,1-4H3,(H,29,34)(H,30,31)(H,32,33). The minimum atomic E-state index is -1.07. The van der Waals surface area contributed by atoms with E-state index >= 15 is 0 Å². The summed E-state index contributed by atoms with van der Waals surface area (Å²) < 4.78 is 17.8. The molecular weight excluding hydrogens is 473 g/mol. The zero-order chi connectivity index (χ0) is 26.6. The molecule has 0 bridgehead atoms. The van der Waals surface area contributed by atoms with Crippen LogP contribution in [0.25, 0.3) is 17.3 Å². The number of nitrogens with one attached hydrogen (secondary N) is 2. The number of alkyl carbamates (subject to hydrolysis) is 1. The number of carboxylic acids is 1. The van der Waals surface area contributed by atoms with E-state index in [9.17, 15) is 9.59 Å². The largest absolute Gasteiger partial charge is 0.492 e. The molecule has 9 nitrogen and oxygen atoms in total. The number of carbonyl (C=O) groups is 2. The van der Waals surface area contributed by atoms with Gasteiger partial charge in [0, 0.05) is 12.1 Å². The van der Waals surface area contributed by atoms with E-state index in [1.54, 1.807) is 0 Å². The van der Waals surface area contributed by atoms with Gasteiger partial charge in [-0.2, -0.15) is 5.10 Å². The maximum Gasteiger partial charge on any atom is 0.492 e. The van der Waals surface area contributed by atoms with Gasteiger partial charge in [-0.1, -0.05) is 60.7 Å². The van der Waals surface area contributed by atoms with Crippen LogP contribution in [-0.4, -0.2) is 52.2 Å². The van der Waals surface area contributed by atoms with E-state index in [4.69, 9.17) is 19.2 Å². The normalized spacial score (nSPS) is 16.4. The fourth-order valence-corrected chi connectivity index (χ4v) is 3.69. The molecule has 0 spiro atoms. The number of hydrogen-bond donors (Lipinski definition) is 3. The van der Waals surface area contributed by atoms with Crippen molar-refractivity contribution in [1.29, 1.82) is 0 Å². The molecule has 10 heteroatoms. The number of carbonyl (C=O) groups excluding carboxylic acids is 1. The van der Waals surface area contributed by atoms with Crippen molar-refractivity contribution in [3.05, 3.63) is 83.0 Å². The first-order valence-electron chi connectivity index (χ1n) is 11.9. The average Bonchev–Trinajstić information content (AvgIpc) is 3.44. The fourth-order valence-electron chi connectivity index (χ4n) is 3.69. The molecule has 1 amide bonds. The van der Waals surface area contributed by atoms with Crippen LogP contribution < -0.4 is 5.32 Å². The zero-order valence-electron chi connectivity index (χ0n) is 21.3. The number of benzene rings is 2. The van der Waals surface area contributed by atoms with E-state index in [1.165, 1.54) is 6.07 Å². The van der Waals surface area contributed by atoms with E-state index < -0.39 is 30.4 Å². The smallest absolute Gasteiger partial charge is 0.477 e. The predicted molar refractivity (Wildman–Crippen MR) is 140 cm³/mol. The van der Waals surface area contributed by atoms with Gasteiger partial charge in [0.1, 0.15) is 12.3 Å².